The monoisotopic (exact) mass is 280 g/mol. The van der Waals surface area contributed by atoms with Crippen molar-refractivity contribution in [1.29, 1.82) is 0 Å². The van der Waals surface area contributed by atoms with Gasteiger partial charge in [0.2, 0.25) is 0 Å². The molecule has 20 heavy (non-hydrogen) atoms. The second kappa shape index (κ2) is 6.38. The average molecular weight is 280 g/mol. The summed E-state index contributed by atoms with van der Waals surface area (Å²) in [5.74, 6) is -0.297. The first-order chi connectivity index (χ1) is 9.19. The lowest BCUT2D eigenvalue weighted by Gasteiger charge is -2.25. The summed E-state index contributed by atoms with van der Waals surface area (Å²) >= 11 is 0. The number of hydrogen-bond acceptors (Lipinski definition) is 4. The van der Waals surface area contributed by atoms with Crippen molar-refractivity contribution in [2.24, 2.45) is 5.73 Å². The summed E-state index contributed by atoms with van der Waals surface area (Å²) in [6.45, 7) is 3.30. The van der Waals surface area contributed by atoms with Gasteiger partial charge >= 0.3 is 0 Å². The van der Waals surface area contributed by atoms with Crippen molar-refractivity contribution < 1.29 is 19.4 Å². The predicted molar refractivity (Wildman–Crippen MR) is 74.4 cm³/mol. The lowest BCUT2D eigenvalue weighted by atomic mass is 10.1. The number of rotatable bonds is 6. The fourth-order valence-corrected chi connectivity index (χ4v) is 1.72. The highest BCUT2D eigenvalue weighted by atomic mass is 16.5. The van der Waals surface area contributed by atoms with Crippen LogP contribution in [0.2, 0.25) is 0 Å². The molecule has 0 unspecified atom stereocenters. The van der Waals surface area contributed by atoms with Crippen LogP contribution in [0.3, 0.4) is 0 Å². The number of carbonyl (C=O) groups excluding carboxylic acids is 2. The number of amides is 2. The minimum Gasteiger partial charge on any atom is -0.484 e. The van der Waals surface area contributed by atoms with Crippen LogP contribution in [-0.2, 0) is 4.79 Å². The molecule has 0 saturated heterocycles. The normalized spacial score (nSPS) is 11.0. The molecule has 1 aromatic carbocycles. The number of benzene rings is 1. The first-order valence-electron chi connectivity index (χ1n) is 6.18. The van der Waals surface area contributed by atoms with Crippen LogP contribution in [-0.4, -0.2) is 47.6 Å². The quantitative estimate of drug-likeness (QED) is 0.788. The molecule has 0 aliphatic carbocycles. The first-order valence-corrected chi connectivity index (χ1v) is 6.18. The van der Waals surface area contributed by atoms with Gasteiger partial charge in [-0.15, -0.1) is 0 Å². The van der Waals surface area contributed by atoms with Crippen LogP contribution in [0.25, 0.3) is 0 Å². The van der Waals surface area contributed by atoms with Gasteiger partial charge in [-0.3, -0.25) is 9.59 Å². The minimum atomic E-state index is -0.949. The molecule has 0 aliphatic heterocycles. The number of likely N-dealkylation sites (N-methyl/N-ethyl adjacent to an activating group) is 1. The number of nitrogens with two attached hydrogens (primary N) is 1. The van der Waals surface area contributed by atoms with E-state index in [0.717, 1.165) is 0 Å². The molecule has 0 saturated carbocycles. The molecular formula is C14H20N2O4. The van der Waals surface area contributed by atoms with Gasteiger partial charge < -0.3 is 20.5 Å². The van der Waals surface area contributed by atoms with E-state index in [4.69, 9.17) is 10.5 Å². The summed E-state index contributed by atoms with van der Waals surface area (Å²) in [5.41, 5.74) is 4.49. The Morgan fingerprint density at radius 3 is 2.30 bits per heavy atom. The van der Waals surface area contributed by atoms with E-state index < -0.39 is 11.5 Å². The summed E-state index contributed by atoms with van der Waals surface area (Å²) < 4.78 is 5.10. The van der Waals surface area contributed by atoms with E-state index in [0.29, 0.717) is 11.3 Å². The second-order valence-electron chi connectivity index (χ2n) is 5.25. The largest absolute Gasteiger partial charge is 0.484 e. The predicted octanol–water partition coefficient (Wildman–Crippen LogP) is 0.394. The van der Waals surface area contributed by atoms with Gasteiger partial charge in [0.1, 0.15) is 5.75 Å². The Morgan fingerprint density at radius 1 is 1.30 bits per heavy atom. The van der Waals surface area contributed by atoms with Crippen molar-refractivity contribution in [3.63, 3.8) is 0 Å². The molecule has 2 amide bonds. The van der Waals surface area contributed by atoms with Crippen molar-refractivity contribution >= 4 is 11.8 Å². The zero-order valence-electron chi connectivity index (χ0n) is 11.9. The molecule has 0 aliphatic rings. The van der Waals surface area contributed by atoms with Crippen molar-refractivity contribution in [2.75, 3.05) is 20.2 Å². The van der Waals surface area contributed by atoms with Gasteiger partial charge in [-0.2, -0.15) is 0 Å². The molecule has 0 fully saturated rings. The SMILES string of the molecule is CN(CC(C)(C)O)C(=O)c1ccc(OCC(N)=O)cc1. The Hall–Kier alpha value is -2.08. The Bertz CT molecular complexity index is 477. The first kappa shape index (κ1) is 16.0. The fraction of sp³-hybridized carbons (Fsp3) is 0.429. The van der Waals surface area contributed by atoms with Crippen LogP contribution in [0.1, 0.15) is 24.2 Å². The summed E-state index contributed by atoms with van der Waals surface area (Å²) in [7, 11) is 1.62. The average Bonchev–Trinajstić information content (AvgIpc) is 2.34. The van der Waals surface area contributed by atoms with Crippen LogP contribution in [0, 0.1) is 0 Å². The van der Waals surface area contributed by atoms with E-state index >= 15 is 0 Å². The smallest absolute Gasteiger partial charge is 0.255 e. The number of hydrogen-bond donors (Lipinski definition) is 2. The topological polar surface area (TPSA) is 92.9 Å². The molecule has 0 spiro atoms. The maximum Gasteiger partial charge on any atom is 0.255 e. The van der Waals surface area contributed by atoms with E-state index in [1.165, 1.54) is 4.90 Å². The van der Waals surface area contributed by atoms with E-state index in [-0.39, 0.29) is 19.1 Å². The standard InChI is InChI=1S/C14H20N2O4/c1-14(2,19)9-16(3)13(18)10-4-6-11(7-5-10)20-8-12(15)17/h4-7,19H,8-9H2,1-3H3,(H2,15,17). The zero-order chi connectivity index (χ0) is 15.3. The van der Waals surface area contributed by atoms with Gasteiger partial charge in [-0.05, 0) is 38.1 Å². The second-order valence-corrected chi connectivity index (χ2v) is 5.25. The van der Waals surface area contributed by atoms with Crippen LogP contribution in [0.15, 0.2) is 24.3 Å². The lowest BCUT2D eigenvalue weighted by Crippen LogP contribution is -2.39. The molecule has 6 heteroatoms. The third kappa shape index (κ3) is 5.27. The van der Waals surface area contributed by atoms with Crippen LogP contribution >= 0.6 is 0 Å². The molecule has 0 aromatic heterocycles. The lowest BCUT2D eigenvalue weighted by molar-refractivity contribution is -0.119. The summed E-state index contributed by atoms with van der Waals surface area (Å²) in [5, 5.41) is 9.69. The Balaban J connectivity index is 2.68. The maximum absolute atomic E-state index is 12.1. The van der Waals surface area contributed by atoms with E-state index in [2.05, 4.69) is 0 Å². The van der Waals surface area contributed by atoms with Gasteiger partial charge in [0.05, 0.1) is 5.60 Å². The number of primary amides is 1. The fourth-order valence-electron chi connectivity index (χ4n) is 1.72. The van der Waals surface area contributed by atoms with Crippen LogP contribution in [0.5, 0.6) is 5.75 Å². The maximum atomic E-state index is 12.1. The number of nitrogens with zero attached hydrogens (tertiary/aromatic N) is 1. The highest BCUT2D eigenvalue weighted by Gasteiger charge is 2.20. The third-order valence-corrected chi connectivity index (χ3v) is 2.45. The summed E-state index contributed by atoms with van der Waals surface area (Å²) in [6.07, 6.45) is 0. The number of carbonyl (C=O) groups is 2. The molecule has 1 aromatic rings. The molecule has 0 bridgehead atoms. The van der Waals surface area contributed by atoms with Crippen molar-refractivity contribution in [3.8, 4) is 5.75 Å². The van der Waals surface area contributed by atoms with Gasteiger partial charge in [-0.1, -0.05) is 0 Å². The highest BCUT2D eigenvalue weighted by Crippen LogP contribution is 2.14. The Morgan fingerprint density at radius 2 is 1.85 bits per heavy atom. The summed E-state index contributed by atoms with van der Waals surface area (Å²) in [4.78, 5) is 24.1. The molecule has 3 N–H and O–H groups in total. The van der Waals surface area contributed by atoms with Crippen molar-refractivity contribution in [1.82, 2.24) is 4.90 Å². The minimum absolute atomic E-state index is 0.200. The molecule has 0 heterocycles. The Labute approximate surface area is 118 Å². The third-order valence-electron chi connectivity index (χ3n) is 2.45. The van der Waals surface area contributed by atoms with E-state index in [1.54, 1.807) is 45.2 Å². The van der Waals surface area contributed by atoms with E-state index in [1.807, 2.05) is 0 Å². The van der Waals surface area contributed by atoms with Crippen LogP contribution in [0.4, 0.5) is 0 Å². The Kier molecular flexibility index (Phi) is 5.10. The molecule has 1 rings (SSSR count). The van der Waals surface area contributed by atoms with Crippen LogP contribution < -0.4 is 10.5 Å². The van der Waals surface area contributed by atoms with Gasteiger partial charge in [-0.25, -0.2) is 0 Å². The van der Waals surface area contributed by atoms with Gasteiger partial charge in [0.15, 0.2) is 6.61 Å². The van der Waals surface area contributed by atoms with E-state index in [9.17, 15) is 14.7 Å². The molecular weight excluding hydrogens is 260 g/mol. The number of aliphatic hydroxyl groups is 1. The highest BCUT2D eigenvalue weighted by molar-refractivity contribution is 5.94. The molecule has 110 valence electrons. The zero-order valence-corrected chi connectivity index (χ0v) is 11.9. The molecule has 0 radical (unpaired) electrons. The molecule has 6 nitrogen and oxygen atoms in total. The van der Waals surface area contributed by atoms with Crippen molar-refractivity contribution in [2.45, 2.75) is 19.4 Å². The number of ether oxygens (including phenoxy) is 1. The van der Waals surface area contributed by atoms with Gasteiger partial charge in [0, 0.05) is 19.2 Å². The molecule has 0 atom stereocenters. The summed E-state index contributed by atoms with van der Waals surface area (Å²) in [6, 6.07) is 6.38. The van der Waals surface area contributed by atoms with Crippen molar-refractivity contribution in [3.05, 3.63) is 29.8 Å². The van der Waals surface area contributed by atoms with Gasteiger partial charge in [0.25, 0.3) is 11.8 Å².